The van der Waals surface area contributed by atoms with Crippen LogP contribution < -0.4 is 0 Å². The Morgan fingerprint density at radius 2 is 1.14 bits per heavy atom. The van der Waals surface area contributed by atoms with Crippen LogP contribution in [-0.4, -0.2) is 63.7 Å². The van der Waals surface area contributed by atoms with Crippen LogP contribution in [0.15, 0.2) is 0 Å². The van der Waals surface area contributed by atoms with Gasteiger partial charge < -0.3 is 9.11 Å². The molecule has 0 saturated heterocycles. The monoisotopic (exact) mass is 368 g/mol. The molecule has 0 N–H and O–H groups in total. The zero-order chi connectivity index (χ0) is 15.9. The molecule has 21 heavy (non-hydrogen) atoms. The molecule has 0 heterocycles. The minimum absolute atomic E-state index is 0. The van der Waals surface area contributed by atoms with Gasteiger partial charge in [-0.2, -0.15) is 0 Å². The molecule has 0 saturated carbocycles. The largest absolute Gasteiger partial charge is 0.748 e. The van der Waals surface area contributed by atoms with Gasteiger partial charge in [0.2, 0.25) is 0 Å². The second-order valence-corrected chi connectivity index (χ2v) is 8.91. The van der Waals surface area contributed by atoms with E-state index >= 15 is 0 Å². The van der Waals surface area contributed by atoms with E-state index in [1.54, 1.807) is 0 Å². The summed E-state index contributed by atoms with van der Waals surface area (Å²) in [5.41, 5.74) is 0. The molecule has 12 heteroatoms. The molecule has 0 aliphatic heterocycles. The topological polar surface area (TPSA) is 166 Å². The molecule has 0 aromatic carbocycles. The van der Waals surface area contributed by atoms with Crippen molar-refractivity contribution in [2.45, 2.75) is 13.3 Å². The molecule has 0 spiro atoms. The van der Waals surface area contributed by atoms with Gasteiger partial charge in [-0.25, -0.2) is 25.3 Å². The zero-order valence-electron chi connectivity index (χ0n) is 12.2. The third-order valence-corrected chi connectivity index (χ3v) is 4.02. The molecule has 9 nitrogen and oxygen atoms in total. The highest BCUT2D eigenvalue weighted by atomic mass is 32.2. The zero-order valence-corrected chi connectivity index (χ0v) is 14.7. The summed E-state index contributed by atoms with van der Waals surface area (Å²) in [6.07, 6.45) is 0.698. The van der Waals surface area contributed by atoms with Crippen molar-refractivity contribution < 1.29 is 39.2 Å². The summed E-state index contributed by atoms with van der Waals surface area (Å²) >= 11 is 0. The van der Waals surface area contributed by atoms with Crippen LogP contribution in [0.4, 0.5) is 0 Å². The smallest absolute Gasteiger partial charge is 0.148 e. The Balaban J connectivity index is -0.000000126. The van der Waals surface area contributed by atoms with Gasteiger partial charge in [-0.3, -0.25) is 4.79 Å². The molecule has 0 unspecified atom stereocenters. The van der Waals surface area contributed by atoms with Crippen molar-refractivity contribution in [3.8, 4) is 0 Å². The van der Waals surface area contributed by atoms with E-state index in [9.17, 15) is 39.2 Å². The summed E-state index contributed by atoms with van der Waals surface area (Å²) in [6, 6.07) is 0. The molecule has 0 aliphatic carbocycles. The van der Waals surface area contributed by atoms with Crippen molar-refractivity contribution in [1.29, 1.82) is 0 Å². The average molecular weight is 368 g/mol. The summed E-state index contributed by atoms with van der Waals surface area (Å²) in [5, 5.41) is 0. The molecule has 128 valence electrons. The van der Waals surface area contributed by atoms with E-state index in [4.69, 9.17) is 0 Å². The molecule has 0 atom stereocenters. The molecule has 0 radical (unpaired) electrons. The number of ketones is 1. The minimum atomic E-state index is -4.39. The summed E-state index contributed by atoms with van der Waals surface area (Å²) in [6.45, 7) is 1.24. The van der Waals surface area contributed by atoms with Crippen LogP contribution in [0.1, 0.15) is 13.3 Å². The normalized spacial score (nSPS) is 11.2. The van der Waals surface area contributed by atoms with E-state index in [2.05, 4.69) is 0 Å². The third-order valence-electron chi connectivity index (χ3n) is 1.41. The second-order valence-electron chi connectivity index (χ2n) is 3.61. The molecule has 0 aromatic heterocycles. The fraction of sp³-hybridized carbons (Fsp3) is 0.667. The summed E-state index contributed by atoms with van der Waals surface area (Å²) in [5.74, 6) is -2.30. The average Bonchev–Trinajstić information content (AvgIpc) is 2.10. The number of carbonyl (C=O) groups excluding carboxylic acids is 1. The van der Waals surface area contributed by atoms with Crippen LogP contribution in [0.2, 0.25) is 0 Å². The van der Waals surface area contributed by atoms with Crippen molar-refractivity contribution in [2.24, 2.45) is 0 Å². The second kappa shape index (κ2) is 10.8. The fourth-order valence-corrected chi connectivity index (χ4v) is 3.09. The number of Topliss-reactive ketones (excluding diaryl/α,β-unsaturated/α-hetero) is 1. The van der Waals surface area contributed by atoms with Crippen molar-refractivity contribution >= 4 is 35.9 Å². The van der Waals surface area contributed by atoms with Gasteiger partial charge in [0, 0.05) is 33.3 Å². The lowest BCUT2D eigenvalue weighted by Crippen LogP contribution is -2.15. The third kappa shape index (κ3) is 38.2. The molecule has 0 rings (SSSR count). The Bertz CT molecular complexity index is 552. The summed E-state index contributed by atoms with van der Waals surface area (Å²) < 4.78 is 79.6. The SMILES string of the molecule is CC(=O)CCS(=O)(=O)[O-].CS(=O)(=O)CCS(=O)(=O)[O-].[CH3+].[CH3+]. The predicted molar refractivity (Wildman–Crippen MR) is 77.0 cm³/mol. The lowest BCUT2D eigenvalue weighted by atomic mass is 10.4. The molecule has 0 aromatic rings. The van der Waals surface area contributed by atoms with Crippen LogP contribution in [0.25, 0.3) is 0 Å². The van der Waals surface area contributed by atoms with E-state index in [1.165, 1.54) is 6.92 Å². The Labute approximate surface area is 127 Å². The van der Waals surface area contributed by atoms with Crippen molar-refractivity contribution in [1.82, 2.24) is 0 Å². The Hall–Kier alpha value is -0.820. The van der Waals surface area contributed by atoms with Gasteiger partial charge >= 0.3 is 0 Å². The highest BCUT2D eigenvalue weighted by molar-refractivity contribution is 7.92. The summed E-state index contributed by atoms with van der Waals surface area (Å²) in [4.78, 5) is 10.1. The van der Waals surface area contributed by atoms with E-state index < -0.39 is 47.3 Å². The Morgan fingerprint density at radius 3 is 1.24 bits per heavy atom. The van der Waals surface area contributed by atoms with Gasteiger partial charge in [0.25, 0.3) is 0 Å². The highest BCUT2D eigenvalue weighted by Gasteiger charge is 2.04. The first-order valence-electron chi connectivity index (χ1n) is 4.67. The lowest BCUT2D eigenvalue weighted by Gasteiger charge is -2.03. The van der Waals surface area contributed by atoms with Gasteiger partial charge in [0.15, 0.2) is 0 Å². The molecule has 0 aliphatic rings. The maximum absolute atomic E-state index is 10.3. The van der Waals surface area contributed by atoms with Crippen LogP contribution in [0.3, 0.4) is 0 Å². The van der Waals surface area contributed by atoms with E-state index in [1.807, 2.05) is 0 Å². The van der Waals surface area contributed by atoms with Gasteiger partial charge in [-0.05, 0) is 6.92 Å². The number of sulfone groups is 1. The van der Waals surface area contributed by atoms with Gasteiger partial charge in [0.05, 0.1) is 31.7 Å². The highest BCUT2D eigenvalue weighted by Crippen LogP contribution is 1.88. The van der Waals surface area contributed by atoms with Crippen molar-refractivity contribution in [2.75, 3.05) is 23.5 Å². The minimum Gasteiger partial charge on any atom is -0.748 e. The quantitative estimate of drug-likeness (QED) is 0.421. The number of carbonyl (C=O) groups is 1. The van der Waals surface area contributed by atoms with Crippen molar-refractivity contribution in [3.05, 3.63) is 14.9 Å². The molecular weight excluding hydrogens is 348 g/mol. The van der Waals surface area contributed by atoms with Crippen LogP contribution in [0, 0.1) is 14.9 Å². The van der Waals surface area contributed by atoms with E-state index in [0.717, 1.165) is 6.26 Å². The Kier molecular flexibility index (Phi) is 14.6. The van der Waals surface area contributed by atoms with Gasteiger partial charge in [-0.1, -0.05) is 0 Å². The van der Waals surface area contributed by atoms with Crippen LogP contribution in [0.5, 0.6) is 0 Å². The maximum atomic E-state index is 10.3. The number of hydrogen-bond acceptors (Lipinski definition) is 9. The molecule has 0 bridgehead atoms. The fourth-order valence-electron chi connectivity index (χ4n) is 0.522. The first-order chi connectivity index (χ1) is 8.12. The first kappa shape index (κ1) is 28.4. The standard InChI is InChI=1S/C4H8O4S.C3H8O5S2.2CH3/c1-4(5)2-3-9(6,7)8;1-9(4,5)2-3-10(6,7)8;;/h2-3H2,1H3,(H,6,7,8);2-3H2,1H3,(H,6,7,8);2*1H3/q;;2*+1/p-2. The maximum Gasteiger partial charge on any atom is 0.148 e. The number of rotatable bonds is 6. The number of hydrogen-bond donors (Lipinski definition) is 0. The Morgan fingerprint density at radius 1 is 0.810 bits per heavy atom. The van der Waals surface area contributed by atoms with Gasteiger partial charge in [0.1, 0.15) is 15.6 Å². The van der Waals surface area contributed by atoms with Crippen LogP contribution >= 0.6 is 0 Å². The van der Waals surface area contributed by atoms with Gasteiger partial charge in [-0.15, -0.1) is 0 Å². The first-order valence-corrected chi connectivity index (χ1v) is 9.88. The van der Waals surface area contributed by atoms with E-state index in [0.29, 0.717) is 0 Å². The summed E-state index contributed by atoms with van der Waals surface area (Å²) in [7, 11) is -11.9. The van der Waals surface area contributed by atoms with Crippen LogP contribution in [-0.2, 0) is 34.9 Å². The lowest BCUT2D eigenvalue weighted by molar-refractivity contribution is -0.116. The van der Waals surface area contributed by atoms with Crippen molar-refractivity contribution in [3.63, 3.8) is 0 Å². The van der Waals surface area contributed by atoms with E-state index in [-0.39, 0.29) is 27.1 Å². The molecular formula is C9H20O9S3. The predicted octanol–water partition coefficient (Wildman–Crippen LogP) is -1.01. The molecule has 0 fully saturated rings. The molecule has 0 amide bonds.